The topological polar surface area (TPSA) is 99.1 Å². The van der Waals surface area contributed by atoms with Gasteiger partial charge in [-0.15, -0.1) is 0 Å². The standard InChI is InChI=1S/C19H15FN2O.C16H12FNO2/c20-18-9-5-4-8-16(18)19(23)22-15-10-14(12-21)17(11-15)13-6-2-1-3-7-13;17-14-9-5-4-8-13(14)16(20)18-15(19)11-10-12-6-2-1-3-7-12/h1-10,14,17H,11H2,(H,22,23);1-11H,(H,18,19,20)/b;11-10+. The van der Waals surface area contributed by atoms with Crippen LogP contribution in [0, 0.1) is 28.9 Å². The monoisotopic (exact) mass is 575 g/mol. The normalized spacial score (nSPS) is 15.4. The van der Waals surface area contributed by atoms with Crippen molar-refractivity contribution in [2.24, 2.45) is 5.92 Å². The summed E-state index contributed by atoms with van der Waals surface area (Å²) in [6.45, 7) is 0. The molecule has 0 fully saturated rings. The second-order valence-corrected chi connectivity index (χ2v) is 9.54. The number of carbonyl (C=O) groups is 3. The van der Waals surface area contributed by atoms with Crippen molar-refractivity contribution in [3.05, 3.63) is 161 Å². The number of rotatable bonds is 6. The molecule has 0 bridgehead atoms. The van der Waals surface area contributed by atoms with Gasteiger partial charge < -0.3 is 5.32 Å². The molecule has 8 heteroatoms. The number of carbonyl (C=O) groups excluding carboxylic acids is 3. The molecular formula is C35H27F2N3O3. The van der Waals surface area contributed by atoms with E-state index in [1.165, 1.54) is 48.5 Å². The highest BCUT2D eigenvalue weighted by atomic mass is 19.1. The quantitative estimate of drug-likeness (QED) is 0.254. The van der Waals surface area contributed by atoms with Crippen molar-refractivity contribution in [2.45, 2.75) is 12.3 Å². The van der Waals surface area contributed by atoms with Crippen LogP contribution in [0.25, 0.3) is 6.08 Å². The minimum absolute atomic E-state index is 0.00469. The fourth-order valence-electron chi connectivity index (χ4n) is 4.47. The maximum atomic E-state index is 13.7. The van der Waals surface area contributed by atoms with Gasteiger partial charge in [-0.25, -0.2) is 8.78 Å². The Labute approximate surface area is 248 Å². The maximum absolute atomic E-state index is 13.7. The van der Waals surface area contributed by atoms with Crippen LogP contribution in [0.15, 0.2) is 127 Å². The molecule has 5 rings (SSSR count). The van der Waals surface area contributed by atoms with Gasteiger partial charge >= 0.3 is 0 Å². The first-order valence-corrected chi connectivity index (χ1v) is 13.4. The van der Waals surface area contributed by atoms with Crippen molar-refractivity contribution < 1.29 is 23.2 Å². The van der Waals surface area contributed by atoms with Gasteiger partial charge in [0.25, 0.3) is 17.7 Å². The highest BCUT2D eigenvalue weighted by molar-refractivity contribution is 6.09. The summed E-state index contributed by atoms with van der Waals surface area (Å²) in [6.07, 6.45) is 5.12. The first-order valence-electron chi connectivity index (χ1n) is 13.4. The zero-order valence-electron chi connectivity index (χ0n) is 22.9. The molecule has 4 aromatic carbocycles. The van der Waals surface area contributed by atoms with Crippen molar-refractivity contribution >= 4 is 23.8 Å². The average Bonchev–Trinajstić information content (AvgIpc) is 3.44. The fourth-order valence-corrected chi connectivity index (χ4v) is 4.47. The van der Waals surface area contributed by atoms with Crippen LogP contribution in [0.1, 0.15) is 44.2 Å². The van der Waals surface area contributed by atoms with Gasteiger partial charge in [-0.05, 0) is 54.0 Å². The van der Waals surface area contributed by atoms with E-state index >= 15 is 0 Å². The smallest absolute Gasteiger partial charge is 0.261 e. The van der Waals surface area contributed by atoms with Gasteiger partial charge in [0.1, 0.15) is 11.6 Å². The molecule has 4 aromatic rings. The van der Waals surface area contributed by atoms with Gasteiger partial charge in [-0.2, -0.15) is 5.26 Å². The predicted molar refractivity (Wildman–Crippen MR) is 159 cm³/mol. The Morgan fingerprint density at radius 2 is 1.28 bits per heavy atom. The van der Waals surface area contributed by atoms with Crippen LogP contribution >= 0.6 is 0 Å². The van der Waals surface area contributed by atoms with Gasteiger partial charge in [0.05, 0.1) is 23.1 Å². The minimum atomic E-state index is -0.759. The summed E-state index contributed by atoms with van der Waals surface area (Å²) >= 11 is 0. The Balaban J connectivity index is 0.000000199. The third kappa shape index (κ3) is 8.41. The first-order chi connectivity index (χ1) is 20.9. The molecule has 6 nitrogen and oxygen atoms in total. The van der Waals surface area contributed by atoms with Crippen LogP contribution < -0.4 is 10.6 Å². The molecule has 0 saturated heterocycles. The van der Waals surface area contributed by atoms with Gasteiger partial charge in [0, 0.05) is 17.7 Å². The fraction of sp³-hybridized carbons (Fsp3) is 0.0857. The van der Waals surface area contributed by atoms with Crippen LogP contribution in [0.3, 0.4) is 0 Å². The summed E-state index contributed by atoms with van der Waals surface area (Å²) in [5.41, 5.74) is 2.41. The van der Waals surface area contributed by atoms with Crippen molar-refractivity contribution in [1.82, 2.24) is 10.6 Å². The second kappa shape index (κ2) is 14.8. The summed E-state index contributed by atoms with van der Waals surface area (Å²) in [4.78, 5) is 35.4. The Kier molecular flexibility index (Phi) is 10.4. The van der Waals surface area contributed by atoms with Crippen LogP contribution in [-0.2, 0) is 4.79 Å². The highest BCUT2D eigenvalue weighted by Gasteiger charge is 2.30. The molecule has 2 unspecified atom stereocenters. The Bertz CT molecular complexity index is 1700. The van der Waals surface area contributed by atoms with Crippen LogP contribution in [-0.4, -0.2) is 17.7 Å². The molecule has 2 atom stereocenters. The van der Waals surface area contributed by atoms with Crippen molar-refractivity contribution in [3.8, 4) is 6.07 Å². The summed E-state index contributed by atoms with van der Waals surface area (Å²) < 4.78 is 27.0. The molecule has 0 aromatic heterocycles. The lowest BCUT2D eigenvalue weighted by Gasteiger charge is -2.14. The van der Waals surface area contributed by atoms with E-state index in [0.29, 0.717) is 12.1 Å². The second-order valence-electron chi connectivity index (χ2n) is 9.54. The van der Waals surface area contributed by atoms with E-state index in [9.17, 15) is 28.4 Å². The van der Waals surface area contributed by atoms with Crippen molar-refractivity contribution in [2.75, 3.05) is 0 Å². The zero-order chi connectivity index (χ0) is 30.6. The number of nitriles is 1. The Morgan fingerprint density at radius 3 is 1.86 bits per heavy atom. The number of allylic oxidation sites excluding steroid dienone is 2. The molecular weight excluding hydrogens is 548 g/mol. The molecule has 1 aliphatic carbocycles. The lowest BCUT2D eigenvalue weighted by atomic mass is 9.89. The number of hydrogen-bond donors (Lipinski definition) is 2. The third-order valence-corrected chi connectivity index (χ3v) is 6.61. The lowest BCUT2D eigenvalue weighted by Crippen LogP contribution is -2.29. The molecule has 2 N–H and O–H groups in total. The third-order valence-electron chi connectivity index (χ3n) is 6.61. The van der Waals surface area contributed by atoms with E-state index in [1.807, 2.05) is 60.7 Å². The number of halogens is 2. The van der Waals surface area contributed by atoms with Gasteiger partial charge in [0.15, 0.2) is 0 Å². The molecule has 0 aliphatic heterocycles. The van der Waals surface area contributed by atoms with E-state index in [0.717, 1.165) is 11.1 Å². The molecule has 0 saturated carbocycles. The highest BCUT2D eigenvalue weighted by Crippen LogP contribution is 2.37. The predicted octanol–water partition coefficient (Wildman–Crippen LogP) is 6.56. The Morgan fingerprint density at radius 1 is 0.744 bits per heavy atom. The molecule has 0 radical (unpaired) electrons. The van der Waals surface area contributed by atoms with Crippen LogP contribution in [0.5, 0.6) is 0 Å². The maximum Gasteiger partial charge on any atom is 0.261 e. The molecule has 1 aliphatic rings. The first kappa shape index (κ1) is 30.3. The summed E-state index contributed by atoms with van der Waals surface area (Å²) in [5.74, 6) is -3.34. The number of hydrogen-bond acceptors (Lipinski definition) is 4. The van der Waals surface area contributed by atoms with Crippen LogP contribution in [0.2, 0.25) is 0 Å². The number of amides is 3. The van der Waals surface area contributed by atoms with E-state index in [1.54, 1.807) is 18.2 Å². The van der Waals surface area contributed by atoms with Gasteiger partial charge in [-0.1, -0.05) is 84.9 Å². The average molecular weight is 576 g/mol. The summed E-state index contributed by atoms with van der Waals surface area (Å²) in [5, 5.41) is 14.2. The molecule has 0 heterocycles. The summed E-state index contributed by atoms with van der Waals surface area (Å²) in [7, 11) is 0. The van der Waals surface area contributed by atoms with E-state index in [-0.39, 0.29) is 23.0 Å². The zero-order valence-corrected chi connectivity index (χ0v) is 22.9. The largest absolute Gasteiger partial charge is 0.326 e. The van der Waals surface area contributed by atoms with Gasteiger partial charge in [0.2, 0.25) is 0 Å². The Hall–Kier alpha value is -5.68. The minimum Gasteiger partial charge on any atom is -0.326 e. The van der Waals surface area contributed by atoms with Crippen molar-refractivity contribution in [1.29, 1.82) is 5.26 Å². The van der Waals surface area contributed by atoms with E-state index in [4.69, 9.17) is 0 Å². The summed E-state index contributed by atoms with van der Waals surface area (Å²) in [6, 6.07) is 32.5. The van der Waals surface area contributed by atoms with Gasteiger partial charge in [-0.3, -0.25) is 19.7 Å². The number of nitrogens with one attached hydrogen (secondary N) is 2. The number of imide groups is 1. The molecule has 3 amide bonds. The van der Waals surface area contributed by atoms with E-state index < -0.39 is 29.4 Å². The number of benzene rings is 4. The van der Waals surface area contributed by atoms with Crippen LogP contribution in [0.4, 0.5) is 8.78 Å². The molecule has 43 heavy (non-hydrogen) atoms. The van der Waals surface area contributed by atoms with Crippen molar-refractivity contribution in [3.63, 3.8) is 0 Å². The SMILES string of the molecule is N#CC1C=C(NC(=O)c2ccccc2F)CC1c1ccccc1.O=C(/C=C/c1ccccc1)NC(=O)c1ccccc1F. The molecule has 214 valence electrons. The van der Waals surface area contributed by atoms with E-state index in [2.05, 4.69) is 16.7 Å². The lowest BCUT2D eigenvalue weighted by molar-refractivity contribution is -0.115. The number of nitrogens with zero attached hydrogens (tertiary/aromatic N) is 1. The molecule has 0 spiro atoms.